The van der Waals surface area contributed by atoms with Crippen LogP contribution in [0.15, 0.2) is 22.8 Å². The largest absolute Gasteiger partial charge is 0.463 e. The molecule has 1 saturated heterocycles. The number of thioether (sulfide) groups is 1. The number of hydrogen-bond donors (Lipinski definition) is 3. The maximum Gasteiger partial charge on any atom is 0.267 e. The summed E-state index contributed by atoms with van der Waals surface area (Å²) in [6.45, 7) is 0.291. The number of carbonyl (C=O) groups is 1. The topological polar surface area (TPSA) is 78.3 Å². The van der Waals surface area contributed by atoms with E-state index in [0.717, 1.165) is 17.7 Å². The molecule has 1 aliphatic heterocycles. The van der Waals surface area contributed by atoms with Gasteiger partial charge in [-0.15, -0.1) is 0 Å². The van der Waals surface area contributed by atoms with Crippen molar-refractivity contribution in [3.63, 3.8) is 0 Å². The van der Waals surface area contributed by atoms with E-state index >= 15 is 0 Å². The number of carbonyl (C=O) groups excluding carboxylic acids is 1. The number of H-pyrrole nitrogens is 1. The number of furan rings is 1. The van der Waals surface area contributed by atoms with Crippen LogP contribution in [-0.4, -0.2) is 39.6 Å². The first-order valence-electron chi connectivity index (χ1n) is 5.81. The molecule has 96 valence electrons. The Bertz CT molecular complexity index is 540. The average Bonchev–Trinajstić information content (AvgIpc) is 3.00. The van der Waals surface area contributed by atoms with Gasteiger partial charge in [-0.05, 0) is 12.2 Å². The zero-order valence-electron chi connectivity index (χ0n) is 9.73. The summed E-state index contributed by atoms with van der Waals surface area (Å²) in [6, 6.07) is 3.44. The number of aliphatic hydroxyl groups is 1. The lowest BCUT2D eigenvalue weighted by molar-refractivity contribution is 0.0611. The zero-order valence-corrected chi connectivity index (χ0v) is 10.5. The summed E-state index contributed by atoms with van der Waals surface area (Å²) in [5.41, 5.74) is 1.16. The van der Waals surface area contributed by atoms with E-state index in [1.807, 2.05) is 0 Å². The van der Waals surface area contributed by atoms with Crippen molar-refractivity contribution in [3.05, 3.63) is 24.1 Å². The third kappa shape index (κ3) is 2.13. The van der Waals surface area contributed by atoms with Gasteiger partial charge in [-0.25, -0.2) is 0 Å². The Balaban J connectivity index is 1.66. The van der Waals surface area contributed by atoms with Gasteiger partial charge in [0.2, 0.25) is 0 Å². The SMILES string of the molecule is O=C(NCC1(O)CCSC1)c1cc2occc2[nH]1. The van der Waals surface area contributed by atoms with Gasteiger partial charge in [-0.1, -0.05) is 0 Å². The molecule has 18 heavy (non-hydrogen) atoms. The fourth-order valence-corrected chi connectivity index (χ4v) is 3.34. The zero-order chi connectivity index (χ0) is 12.6. The average molecular weight is 266 g/mol. The molecule has 0 aliphatic carbocycles. The van der Waals surface area contributed by atoms with E-state index in [9.17, 15) is 9.90 Å². The van der Waals surface area contributed by atoms with Gasteiger partial charge in [-0.3, -0.25) is 4.79 Å². The van der Waals surface area contributed by atoms with Crippen LogP contribution in [0.5, 0.6) is 0 Å². The number of aromatic nitrogens is 1. The first kappa shape index (κ1) is 11.7. The van der Waals surface area contributed by atoms with E-state index in [-0.39, 0.29) is 5.91 Å². The summed E-state index contributed by atoms with van der Waals surface area (Å²) in [4.78, 5) is 14.9. The van der Waals surface area contributed by atoms with Crippen LogP contribution in [0.3, 0.4) is 0 Å². The van der Waals surface area contributed by atoms with Crippen molar-refractivity contribution in [2.75, 3.05) is 18.1 Å². The van der Waals surface area contributed by atoms with Gasteiger partial charge in [0.05, 0.1) is 17.4 Å². The highest BCUT2D eigenvalue weighted by Crippen LogP contribution is 2.27. The molecule has 0 bridgehead atoms. The van der Waals surface area contributed by atoms with Crippen LogP contribution in [-0.2, 0) is 0 Å². The van der Waals surface area contributed by atoms with Crippen molar-refractivity contribution < 1.29 is 14.3 Å². The molecule has 1 atom stereocenters. The van der Waals surface area contributed by atoms with Gasteiger partial charge in [0.25, 0.3) is 5.91 Å². The van der Waals surface area contributed by atoms with Crippen molar-refractivity contribution >= 4 is 28.8 Å². The Morgan fingerprint density at radius 3 is 3.28 bits per heavy atom. The van der Waals surface area contributed by atoms with Gasteiger partial charge in [0.1, 0.15) is 5.69 Å². The van der Waals surface area contributed by atoms with E-state index in [2.05, 4.69) is 10.3 Å². The third-order valence-electron chi connectivity index (χ3n) is 3.15. The minimum Gasteiger partial charge on any atom is -0.463 e. The summed E-state index contributed by atoms with van der Waals surface area (Å²) < 4.78 is 5.18. The summed E-state index contributed by atoms with van der Waals surface area (Å²) in [5, 5.41) is 12.9. The summed E-state index contributed by atoms with van der Waals surface area (Å²) in [6.07, 6.45) is 2.30. The molecule has 3 heterocycles. The highest BCUT2D eigenvalue weighted by molar-refractivity contribution is 7.99. The second-order valence-corrected chi connectivity index (χ2v) is 5.70. The van der Waals surface area contributed by atoms with Crippen molar-refractivity contribution in [3.8, 4) is 0 Å². The maximum absolute atomic E-state index is 11.9. The number of rotatable bonds is 3. The van der Waals surface area contributed by atoms with Crippen LogP contribution in [0.4, 0.5) is 0 Å². The number of hydrogen-bond acceptors (Lipinski definition) is 4. The predicted molar refractivity (Wildman–Crippen MR) is 69.8 cm³/mol. The first-order chi connectivity index (χ1) is 8.66. The molecule has 2 aromatic rings. The van der Waals surface area contributed by atoms with E-state index < -0.39 is 5.60 Å². The van der Waals surface area contributed by atoms with E-state index in [4.69, 9.17) is 4.42 Å². The maximum atomic E-state index is 11.9. The molecule has 1 aliphatic rings. The standard InChI is InChI=1S/C12H14N2O3S/c15-11(13-6-12(16)2-4-18-7-12)9-5-10-8(14-9)1-3-17-10/h1,3,5,14,16H,2,4,6-7H2,(H,13,15). The van der Waals surface area contributed by atoms with Crippen LogP contribution >= 0.6 is 11.8 Å². The van der Waals surface area contributed by atoms with Crippen LogP contribution in [0, 0.1) is 0 Å². The lowest BCUT2D eigenvalue weighted by Gasteiger charge is -2.21. The molecular formula is C12H14N2O3S. The van der Waals surface area contributed by atoms with E-state index in [1.165, 1.54) is 0 Å². The fourth-order valence-electron chi connectivity index (χ4n) is 2.05. The van der Waals surface area contributed by atoms with Crippen LogP contribution < -0.4 is 5.32 Å². The second kappa shape index (κ2) is 4.37. The number of nitrogens with one attached hydrogen (secondary N) is 2. The van der Waals surface area contributed by atoms with Crippen molar-refractivity contribution in [2.24, 2.45) is 0 Å². The molecule has 1 unspecified atom stereocenters. The van der Waals surface area contributed by atoms with Gasteiger partial charge >= 0.3 is 0 Å². The molecule has 0 aromatic carbocycles. The second-order valence-electron chi connectivity index (χ2n) is 4.59. The van der Waals surface area contributed by atoms with Crippen LogP contribution in [0.1, 0.15) is 16.9 Å². The molecule has 1 amide bonds. The molecular weight excluding hydrogens is 252 g/mol. The molecule has 1 fully saturated rings. The fraction of sp³-hybridized carbons (Fsp3) is 0.417. The highest BCUT2D eigenvalue weighted by Gasteiger charge is 2.32. The monoisotopic (exact) mass is 266 g/mol. The Morgan fingerprint density at radius 1 is 1.67 bits per heavy atom. The predicted octanol–water partition coefficient (Wildman–Crippen LogP) is 1.36. The summed E-state index contributed by atoms with van der Waals surface area (Å²) in [5.74, 6) is 1.41. The van der Waals surface area contributed by atoms with Crippen LogP contribution in [0.2, 0.25) is 0 Å². The molecule has 0 radical (unpaired) electrons. The summed E-state index contributed by atoms with van der Waals surface area (Å²) in [7, 11) is 0. The molecule has 0 saturated carbocycles. The Morgan fingerprint density at radius 2 is 2.56 bits per heavy atom. The quantitative estimate of drug-likeness (QED) is 0.784. The van der Waals surface area contributed by atoms with E-state index in [0.29, 0.717) is 23.6 Å². The van der Waals surface area contributed by atoms with Gasteiger partial charge in [-0.2, -0.15) is 11.8 Å². The smallest absolute Gasteiger partial charge is 0.267 e. The molecule has 0 spiro atoms. The van der Waals surface area contributed by atoms with Gasteiger partial charge in [0, 0.05) is 24.4 Å². The van der Waals surface area contributed by atoms with Gasteiger partial charge in [0.15, 0.2) is 5.58 Å². The molecule has 2 aromatic heterocycles. The molecule has 3 N–H and O–H groups in total. The number of fused-ring (bicyclic) bond motifs is 1. The molecule has 3 rings (SSSR count). The van der Waals surface area contributed by atoms with Crippen LogP contribution in [0.25, 0.3) is 11.1 Å². The first-order valence-corrected chi connectivity index (χ1v) is 6.96. The minimum atomic E-state index is -0.758. The highest BCUT2D eigenvalue weighted by atomic mass is 32.2. The van der Waals surface area contributed by atoms with Gasteiger partial charge < -0.3 is 19.8 Å². The number of aromatic amines is 1. The summed E-state index contributed by atoms with van der Waals surface area (Å²) >= 11 is 1.71. The lowest BCUT2D eigenvalue weighted by Crippen LogP contribution is -2.43. The lowest BCUT2D eigenvalue weighted by atomic mass is 10.0. The van der Waals surface area contributed by atoms with Crippen molar-refractivity contribution in [1.82, 2.24) is 10.3 Å². The Kier molecular flexibility index (Phi) is 2.83. The molecule has 6 heteroatoms. The van der Waals surface area contributed by atoms with Crippen molar-refractivity contribution in [1.29, 1.82) is 0 Å². The molecule has 5 nitrogen and oxygen atoms in total. The number of amides is 1. The minimum absolute atomic E-state index is 0.216. The van der Waals surface area contributed by atoms with E-state index in [1.54, 1.807) is 30.2 Å². The Hall–Kier alpha value is -1.40. The van der Waals surface area contributed by atoms with Crippen molar-refractivity contribution in [2.45, 2.75) is 12.0 Å². The third-order valence-corrected chi connectivity index (χ3v) is 4.38. The normalized spacial score (nSPS) is 23.6. The Labute approximate surface area is 108 Å².